The van der Waals surface area contributed by atoms with Gasteiger partial charge < -0.3 is 4.74 Å². The number of ether oxygens (including phenoxy) is 1. The highest BCUT2D eigenvalue weighted by molar-refractivity contribution is 6.09. The SMILES string of the molecule is c1ccc2c(c1)-c1cccc(-c3cccc4c3Oc3cccc5cccc-4c35)c1C21c2ccccc2-c2c1ccc1ccccc21. The van der Waals surface area contributed by atoms with Gasteiger partial charge in [-0.05, 0) is 77.9 Å². The fourth-order valence-corrected chi connectivity index (χ4v) is 8.99. The van der Waals surface area contributed by atoms with Crippen LogP contribution in [0.15, 0.2) is 158 Å². The Morgan fingerprint density at radius 3 is 1.78 bits per heavy atom. The van der Waals surface area contributed by atoms with Gasteiger partial charge in [-0.15, -0.1) is 0 Å². The highest BCUT2D eigenvalue weighted by Gasteiger charge is 2.53. The van der Waals surface area contributed by atoms with Crippen molar-refractivity contribution < 1.29 is 4.74 Å². The van der Waals surface area contributed by atoms with Crippen LogP contribution in [0.2, 0.25) is 0 Å². The van der Waals surface area contributed by atoms with E-state index in [1.807, 2.05) is 0 Å². The van der Waals surface area contributed by atoms with Gasteiger partial charge in [-0.25, -0.2) is 0 Å². The van der Waals surface area contributed by atoms with E-state index in [1.165, 1.54) is 77.2 Å². The molecule has 46 heavy (non-hydrogen) atoms. The zero-order valence-electron chi connectivity index (χ0n) is 24.9. The molecule has 2 aliphatic carbocycles. The van der Waals surface area contributed by atoms with Crippen LogP contribution in [0, 0.1) is 0 Å². The van der Waals surface area contributed by atoms with Crippen LogP contribution in [0.5, 0.6) is 11.5 Å². The Balaban J connectivity index is 1.28. The summed E-state index contributed by atoms with van der Waals surface area (Å²) in [7, 11) is 0. The molecule has 1 atom stereocenters. The first kappa shape index (κ1) is 24.4. The van der Waals surface area contributed by atoms with E-state index in [-0.39, 0.29) is 0 Å². The number of fused-ring (bicyclic) bond motifs is 14. The van der Waals surface area contributed by atoms with Crippen molar-refractivity contribution in [2.24, 2.45) is 0 Å². The third-order valence-corrected chi connectivity index (χ3v) is 10.7. The molecule has 8 aromatic rings. The molecule has 1 nitrogen and oxygen atoms in total. The number of rotatable bonds is 1. The minimum absolute atomic E-state index is 0.464. The summed E-state index contributed by atoms with van der Waals surface area (Å²) in [4.78, 5) is 0. The zero-order chi connectivity index (χ0) is 30.0. The Kier molecular flexibility index (Phi) is 4.57. The molecule has 0 bridgehead atoms. The van der Waals surface area contributed by atoms with Crippen LogP contribution in [0.25, 0.3) is 66.1 Å². The summed E-state index contributed by atoms with van der Waals surface area (Å²) in [5.74, 6) is 1.85. The molecule has 1 aliphatic heterocycles. The van der Waals surface area contributed by atoms with E-state index >= 15 is 0 Å². The molecule has 212 valence electrons. The molecule has 1 spiro atoms. The predicted octanol–water partition coefficient (Wildman–Crippen LogP) is 11.8. The van der Waals surface area contributed by atoms with Crippen LogP contribution in [0.1, 0.15) is 22.3 Å². The molecular weight excluding hydrogens is 556 g/mol. The number of hydrogen-bond acceptors (Lipinski definition) is 1. The standard InChI is InChI=1S/C45H26O/c1-2-14-29-27(11-1)25-26-39-42(29)36-16-4-6-23-38(36)45(39)37-22-5-3-15-30(37)32-18-9-19-33(43(32)45)35-21-10-20-34-31-17-7-12-28-13-8-24-40(41(28)31)46-44(34)35/h1-26H. The quantitative estimate of drug-likeness (QED) is 0.187. The van der Waals surface area contributed by atoms with Crippen molar-refractivity contribution in [3.05, 3.63) is 180 Å². The molecule has 0 aromatic heterocycles. The van der Waals surface area contributed by atoms with E-state index in [9.17, 15) is 0 Å². The predicted molar refractivity (Wildman–Crippen MR) is 189 cm³/mol. The average Bonchev–Trinajstić information content (AvgIpc) is 3.59. The van der Waals surface area contributed by atoms with E-state index < -0.39 is 5.41 Å². The first-order valence-electron chi connectivity index (χ1n) is 16.0. The fourth-order valence-electron chi connectivity index (χ4n) is 8.99. The molecule has 11 rings (SSSR count). The molecule has 1 unspecified atom stereocenters. The summed E-state index contributed by atoms with van der Waals surface area (Å²) in [6.45, 7) is 0. The lowest BCUT2D eigenvalue weighted by atomic mass is 9.68. The Bertz CT molecular complexity index is 2620. The average molecular weight is 583 g/mol. The van der Waals surface area contributed by atoms with Crippen molar-refractivity contribution in [1.82, 2.24) is 0 Å². The van der Waals surface area contributed by atoms with Crippen LogP contribution in [0.3, 0.4) is 0 Å². The highest BCUT2D eigenvalue weighted by Crippen LogP contribution is 2.66. The molecule has 8 aromatic carbocycles. The van der Waals surface area contributed by atoms with E-state index in [0.717, 1.165) is 22.6 Å². The summed E-state index contributed by atoms with van der Waals surface area (Å²) < 4.78 is 6.92. The Morgan fingerprint density at radius 1 is 0.370 bits per heavy atom. The summed E-state index contributed by atoms with van der Waals surface area (Å²) >= 11 is 0. The van der Waals surface area contributed by atoms with Crippen molar-refractivity contribution in [2.45, 2.75) is 5.41 Å². The van der Waals surface area contributed by atoms with Gasteiger partial charge in [0, 0.05) is 16.5 Å². The van der Waals surface area contributed by atoms with Crippen LogP contribution < -0.4 is 4.74 Å². The lowest BCUT2D eigenvalue weighted by molar-refractivity contribution is 0.488. The topological polar surface area (TPSA) is 9.23 Å². The van der Waals surface area contributed by atoms with Gasteiger partial charge in [0.2, 0.25) is 0 Å². The first-order chi connectivity index (χ1) is 22.8. The Hall–Kier alpha value is -5.92. The van der Waals surface area contributed by atoms with Gasteiger partial charge in [0.15, 0.2) is 0 Å². The van der Waals surface area contributed by atoms with Crippen molar-refractivity contribution in [1.29, 1.82) is 0 Å². The summed E-state index contributed by atoms with van der Waals surface area (Å²) in [6.07, 6.45) is 0. The number of hydrogen-bond donors (Lipinski definition) is 0. The van der Waals surface area contributed by atoms with Crippen LogP contribution in [0.4, 0.5) is 0 Å². The zero-order valence-corrected chi connectivity index (χ0v) is 24.9. The smallest absolute Gasteiger partial charge is 0.143 e. The fraction of sp³-hybridized carbons (Fsp3) is 0.0222. The molecule has 0 radical (unpaired) electrons. The normalized spacial score (nSPS) is 16.1. The minimum Gasteiger partial charge on any atom is -0.455 e. The maximum absolute atomic E-state index is 6.92. The Labute approximate surface area is 267 Å². The first-order valence-corrected chi connectivity index (χ1v) is 16.0. The number of para-hydroxylation sites is 1. The van der Waals surface area contributed by atoms with Gasteiger partial charge in [0.1, 0.15) is 11.5 Å². The molecule has 0 saturated carbocycles. The summed E-state index contributed by atoms with van der Waals surface area (Å²) in [5.41, 5.74) is 14.9. The van der Waals surface area contributed by atoms with Crippen molar-refractivity contribution in [3.63, 3.8) is 0 Å². The van der Waals surface area contributed by atoms with Gasteiger partial charge in [0.25, 0.3) is 0 Å². The molecule has 0 fully saturated rings. The van der Waals surface area contributed by atoms with Gasteiger partial charge >= 0.3 is 0 Å². The minimum atomic E-state index is -0.464. The van der Waals surface area contributed by atoms with Crippen molar-refractivity contribution >= 4 is 21.5 Å². The summed E-state index contributed by atoms with van der Waals surface area (Å²) in [6, 6.07) is 58.1. The van der Waals surface area contributed by atoms with E-state index in [2.05, 4.69) is 158 Å². The molecule has 3 aliphatic rings. The second-order valence-corrected chi connectivity index (χ2v) is 12.7. The molecule has 0 saturated heterocycles. The lowest BCUT2D eigenvalue weighted by Gasteiger charge is -2.33. The third kappa shape index (κ3) is 2.83. The monoisotopic (exact) mass is 582 g/mol. The van der Waals surface area contributed by atoms with Crippen LogP contribution in [-0.2, 0) is 5.41 Å². The maximum Gasteiger partial charge on any atom is 0.143 e. The van der Waals surface area contributed by atoms with Gasteiger partial charge in [0.05, 0.1) is 5.41 Å². The van der Waals surface area contributed by atoms with Crippen molar-refractivity contribution in [2.75, 3.05) is 0 Å². The molecule has 0 N–H and O–H groups in total. The van der Waals surface area contributed by atoms with E-state index in [0.29, 0.717) is 0 Å². The third-order valence-electron chi connectivity index (χ3n) is 10.7. The van der Waals surface area contributed by atoms with E-state index in [1.54, 1.807) is 0 Å². The van der Waals surface area contributed by atoms with Gasteiger partial charge in [-0.1, -0.05) is 152 Å². The second-order valence-electron chi connectivity index (χ2n) is 12.7. The van der Waals surface area contributed by atoms with Crippen LogP contribution >= 0.6 is 0 Å². The molecule has 0 amide bonds. The summed E-state index contributed by atoms with van der Waals surface area (Å²) in [5, 5.41) is 4.96. The number of benzene rings is 8. The van der Waals surface area contributed by atoms with Gasteiger partial charge in [-0.2, -0.15) is 0 Å². The Morgan fingerprint density at radius 2 is 0.935 bits per heavy atom. The van der Waals surface area contributed by atoms with E-state index in [4.69, 9.17) is 4.74 Å². The molecule has 1 heterocycles. The van der Waals surface area contributed by atoms with Gasteiger partial charge in [-0.3, -0.25) is 0 Å². The second kappa shape index (κ2) is 8.62. The molecule has 1 heteroatoms. The maximum atomic E-state index is 6.92. The highest BCUT2D eigenvalue weighted by atomic mass is 16.5. The lowest BCUT2D eigenvalue weighted by Crippen LogP contribution is -2.26. The molecular formula is C45H26O. The largest absolute Gasteiger partial charge is 0.455 e. The van der Waals surface area contributed by atoms with Crippen LogP contribution in [-0.4, -0.2) is 0 Å². The van der Waals surface area contributed by atoms with Crippen molar-refractivity contribution in [3.8, 4) is 56.0 Å².